The van der Waals surface area contributed by atoms with E-state index in [9.17, 15) is 4.79 Å². The van der Waals surface area contributed by atoms with Crippen LogP contribution in [0, 0.1) is 0 Å². The molecule has 0 aromatic carbocycles. The first-order chi connectivity index (χ1) is 6.65. The van der Waals surface area contributed by atoms with Crippen molar-refractivity contribution in [2.24, 2.45) is 5.73 Å². The van der Waals surface area contributed by atoms with Gasteiger partial charge in [0.05, 0.1) is 0 Å². The van der Waals surface area contributed by atoms with Gasteiger partial charge >= 0.3 is 6.03 Å². The zero-order valence-corrected chi connectivity index (χ0v) is 9.20. The summed E-state index contributed by atoms with van der Waals surface area (Å²) in [5.74, 6) is 0. The summed E-state index contributed by atoms with van der Waals surface area (Å²) in [7, 11) is 0. The van der Waals surface area contributed by atoms with E-state index in [-0.39, 0.29) is 12.1 Å². The van der Waals surface area contributed by atoms with Crippen molar-refractivity contribution in [2.75, 3.05) is 26.2 Å². The predicted molar refractivity (Wildman–Crippen MR) is 57.1 cm³/mol. The molecule has 0 saturated carbocycles. The first kappa shape index (κ1) is 11.3. The fraction of sp³-hybridized carbons (Fsp3) is 0.900. The molecule has 82 valence electrons. The molecule has 1 saturated heterocycles. The molecule has 1 aliphatic rings. The molecule has 4 nitrogen and oxygen atoms in total. The summed E-state index contributed by atoms with van der Waals surface area (Å²) in [6, 6.07) is 0.232. The van der Waals surface area contributed by atoms with E-state index in [1.165, 1.54) is 0 Å². The Morgan fingerprint density at radius 3 is 2.64 bits per heavy atom. The largest absolute Gasteiger partial charge is 0.326 e. The third kappa shape index (κ3) is 2.87. The van der Waals surface area contributed by atoms with E-state index in [1.807, 2.05) is 16.7 Å². The van der Waals surface area contributed by atoms with Crippen molar-refractivity contribution >= 4 is 6.03 Å². The van der Waals surface area contributed by atoms with Crippen LogP contribution in [0.2, 0.25) is 0 Å². The van der Waals surface area contributed by atoms with E-state index in [4.69, 9.17) is 5.73 Å². The van der Waals surface area contributed by atoms with Crippen molar-refractivity contribution in [3.8, 4) is 0 Å². The molecule has 0 aromatic heterocycles. The number of carbonyl (C=O) groups is 1. The van der Waals surface area contributed by atoms with Crippen LogP contribution in [0.1, 0.15) is 26.7 Å². The van der Waals surface area contributed by atoms with Gasteiger partial charge in [0.2, 0.25) is 0 Å². The Hall–Kier alpha value is -0.770. The van der Waals surface area contributed by atoms with Gasteiger partial charge in [0, 0.05) is 32.2 Å². The maximum atomic E-state index is 11.8. The average molecular weight is 199 g/mol. The highest BCUT2D eigenvalue weighted by Crippen LogP contribution is 2.09. The SMILES string of the molecule is CCCN1CCCN(CC(C)N)C1=O. The smallest absolute Gasteiger partial charge is 0.320 e. The molecule has 0 bridgehead atoms. The lowest BCUT2D eigenvalue weighted by Gasteiger charge is -2.36. The molecule has 0 spiro atoms. The van der Waals surface area contributed by atoms with Crippen LogP contribution in [0.25, 0.3) is 0 Å². The van der Waals surface area contributed by atoms with Crippen LogP contribution >= 0.6 is 0 Å². The maximum absolute atomic E-state index is 11.8. The predicted octanol–water partition coefficient (Wildman–Crippen LogP) is 0.871. The molecule has 0 aliphatic carbocycles. The number of nitrogens with two attached hydrogens (primary N) is 1. The van der Waals surface area contributed by atoms with Crippen LogP contribution in [0.15, 0.2) is 0 Å². The molecule has 0 radical (unpaired) electrons. The summed E-state index contributed by atoms with van der Waals surface area (Å²) in [5, 5.41) is 0. The van der Waals surface area contributed by atoms with Crippen LogP contribution < -0.4 is 5.73 Å². The molecule has 1 rings (SSSR count). The summed E-state index contributed by atoms with van der Waals surface area (Å²) in [4.78, 5) is 15.6. The topological polar surface area (TPSA) is 49.6 Å². The minimum atomic E-state index is 0.0699. The van der Waals surface area contributed by atoms with Crippen molar-refractivity contribution in [1.82, 2.24) is 9.80 Å². The second kappa shape index (κ2) is 5.20. The van der Waals surface area contributed by atoms with Gasteiger partial charge in [0.1, 0.15) is 0 Å². The average Bonchev–Trinajstić information content (AvgIpc) is 2.11. The highest BCUT2D eigenvalue weighted by molar-refractivity contribution is 5.75. The Kier molecular flexibility index (Phi) is 4.20. The molecule has 2 N–H and O–H groups in total. The van der Waals surface area contributed by atoms with E-state index < -0.39 is 0 Å². The number of nitrogens with zero attached hydrogens (tertiary/aromatic N) is 2. The third-order valence-electron chi connectivity index (χ3n) is 2.40. The summed E-state index contributed by atoms with van der Waals surface area (Å²) in [5.41, 5.74) is 5.69. The van der Waals surface area contributed by atoms with Gasteiger partial charge in [0.25, 0.3) is 0 Å². The number of amides is 2. The molecule has 1 unspecified atom stereocenters. The molecule has 4 heteroatoms. The Morgan fingerprint density at radius 2 is 2.07 bits per heavy atom. The number of hydrogen-bond donors (Lipinski definition) is 1. The molecule has 14 heavy (non-hydrogen) atoms. The van der Waals surface area contributed by atoms with Crippen molar-refractivity contribution in [3.05, 3.63) is 0 Å². The minimum Gasteiger partial charge on any atom is -0.326 e. The van der Waals surface area contributed by atoms with E-state index in [0.29, 0.717) is 6.54 Å². The van der Waals surface area contributed by atoms with Crippen molar-refractivity contribution in [2.45, 2.75) is 32.7 Å². The van der Waals surface area contributed by atoms with Gasteiger partial charge in [0.15, 0.2) is 0 Å². The van der Waals surface area contributed by atoms with E-state index in [1.54, 1.807) is 0 Å². The van der Waals surface area contributed by atoms with Crippen LogP contribution in [0.3, 0.4) is 0 Å². The standard InChI is InChI=1S/C10H21N3O/c1-3-5-12-6-4-7-13(10(12)14)8-9(2)11/h9H,3-8,11H2,1-2H3. The number of urea groups is 1. The summed E-state index contributed by atoms with van der Waals surface area (Å²) < 4.78 is 0. The zero-order chi connectivity index (χ0) is 10.6. The van der Waals surface area contributed by atoms with Crippen molar-refractivity contribution in [3.63, 3.8) is 0 Å². The third-order valence-corrected chi connectivity index (χ3v) is 2.40. The Balaban J connectivity index is 2.48. The molecule has 1 heterocycles. The van der Waals surface area contributed by atoms with E-state index >= 15 is 0 Å². The van der Waals surface area contributed by atoms with Crippen LogP contribution in [0.5, 0.6) is 0 Å². The van der Waals surface area contributed by atoms with Gasteiger partial charge in [-0.05, 0) is 19.8 Å². The summed E-state index contributed by atoms with van der Waals surface area (Å²) in [6.07, 6.45) is 2.09. The van der Waals surface area contributed by atoms with Gasteiger partial charge < -0.3 is 15.5 Å². The van der Waals surface area contributed by atoms with E-state index in [0.717, 1.165) is 32.5 Å². The molecular formula is C10H21N3O. The van der Waals surface area contributed by atoms with Gasteiger partial charge in [-0.2, -0.15) is 0 Å². The van der Waals surface area contributed by atoms with Crippen molar-refractivity contribution in [1.29, 1.82) is 0 Å². The molecule has 1 aliphatic heterocycles. The normalized spacial score (nSPS) is 20.1. The first-order valence-electron chi connectivity index (χ1n) is 5.44. The van der Waals surface area contributed by atoms with Crippen molar-refractivity contribution < 1.29 is 4.79 Å². The van der Waals surface area contributed by atoms with Crippen LogP contribution in [-0.4, -0.2) is 48.1 Å². The van der Waals surface area contributed by atoms with Gasteiger partial charge in [-0.25, -0.2) is 4.79 Å². The number of rotatable bonds is 4. The summed E-state index contributed by atoms with van der Waals surface area (Å²) >= 11 is 0. The lowest BCUT2D eigenvalue weighted by Crippen LogP contribution is -2.52. The van der Waals surface area contributed by atoms with Gasteiger partial charge in [-0.15, -0.1) is 0 Å². The molecular weight excluding hydrogens is 178 g/mol. The second-order valence-electron chi connectivity index (χ2n) is 4.05. The molecule has 2 amide bonds. The first-order valence-corrected chi connectivity index (χ1v) is 5.44. The van der Waals surface area contributed by atoms with E-state index in [2.05, 4.69) is 6.92 Å². The molecule has 1 fully saturated rings. The lowest BCUT2D eigenvalue weighted by molar-refractivity contribution is 0.127. The fourth-order valence-corrected chi connectivity index (χ4v) is 1.84. The minimum absolute atomic E-state index is 0.0699. The molecule has 1 atom stereocenters. The number of carbonyl (C=O) groups excluding carboxylic acids is 1. The van der Waals surface area contributed by atoms with Crippen LogP contribution in [0.4, 0.5) is 4.79 Å². The monoisotopic (exact) mass is 199 g/mol. The quantitative estimate of drug-likeness (QED) is 0.730. The highest BCUT2D eigenvalue weighted by Gasteiger charge is 2.24. The Labute approximate surface area is 86.0 Å². The molecule has 0 aromatic rings. The van der Waals surface area contributed by atoms with Gasteiger partial charge in [-0.1, -0.05) is 6.92 Å². The van der Waals surface area contributed by atoms with Crippen LogP contribution in [-0.2, 0) is 0 Å². The summed E-state index contributed by atoms with van der Waals surface area (Å²) in [6.45, 7) is 7.35. The highest BCUT2D eigenvalue weighted by atomic mass is 16.2. The fourth-order valence-electron chi connectivity index (χ4n) is 1.84. The zero-order valence-electron chi connectivity index (χ0n) is 9.20. The number of hydrogen-bond acceptors (Lipinski definition) is 2. The maximum Gasteiger partial charge on any atom is 0.320 e. The second-order valence-corrected chi connectivity index (χ2v) is 4.05. The Bertz CT molecular complexity index is 192. The lowest BCUT2D eigenvalue weighted by atomic mass is 10.2. The van der Waals surface area contributed by atoms with Gasteiger partial charge in [-0.3, -0.25) is 0 Å². The Morgan fingerprint density at radius 1 is 1.43 bits per heavy atom.